The molecule has 1 unspecified atom stereocenters. The van der Waals surface area contributed by atoms with Gasteiger partial charge in [0.1, 0.15) is 11.6 Å². The van der Waals surface area contributed by atoms with Gasteiger partial charge in [-0.1, -0.05) is 0 Å². The normalized spacial score (nSPS) is 12.6. The van der Waals surface area contributed by atoms with Gasteiger partial charge in [-0.3, -0.25) is 10.1 Å². The number of aliphatic hydroxyl groups is 1. The fourth-order valence-corrected chi connectivity index (χ4v) is 1.74. The third kappa shape index (κ3) is 3.31. The monoisotopic (exact) mass is 300 g/mol. The Bertz CT molecular complexity index is 505. The van der Waals surface area contributed by atoms with Crippen molar-refractivity contribution in [2.24, 2.45) is 0 Å². The molecular weight excluding hydrogens is 291 g/mol. The van der Waals surface area contributed by atoms with Gasteiger partial charge in [-0.15, -0.1) is 5.10 Å². The van der Waals surface area contributed by atoms with Crippen LogP contribution in [0.2, 0.25) is 0 Å². The Hall–Kier alpha value is -1.34. The van der Waals surface area contributed by atoms with Gasteiger partial charge in [-0.25, -0.2) is 9.37 Å². The standard InChI is InChI=1S/C10H10BrFN4O/c11-10-14-9(15-16-10)2-1-8(17)6-3-7(12)5-13-4-6/h3-5,8,17H,1-2H2,(H,14,15,16). The predicted octanol–water partition coefficient (Wildman–Crippen LogP) is 1.77. The van der Waals surface area contributed by atoms with Gasteiger partial charge >= 0.3 is 0 Å². The Morgan fingerprint density at radius 1 is 1.47 bits per heavy atom. The first-order valence-electron chi connectivity index (χ1n) is 5.00. The van der Waals surface area contributed by atoms with E-state index in [-0.39, 0.29) is 0 Å². The number of aromatic amines is 1. The summed E-state index contributed by atoms with van der Waals surface area (Å²) in [7, 11) is 0. The van der Waals surface area contributed by atoms with Crippen LogP contribution in [-0.2, 0) is 6.42 Å². The third-order valence-electron chi connectivity index (χ3n) is 2.27. The first-order valence-corrected chi connectivity index (χ1v) is 5.80. The van der Waals surface area contributed by atoms with Crippen LogP contribution < -0.4 is 0 Å². The molecular formula is C10H10BrFN4O. The minimum Gasteiger partial charge on any atom is -0.388 e. The van der Waals surface area contributed by atoms with E-state index >= 15 is 0 Å². The summed E-state index contributed by atoms with van der Waals surface area (Å²) in [4.78, 5) is 7.73. The zero-order valence-corrected chi connectivity index (χ0v) is 10.4. The van der Waals surface area contributed by atoms with E-state index in [2.05, 4.69) is 36.1 Å². The second kappa shape index (κ2) is 5.33. The Kier molecular flexibility index (Phi) is 3.80. The number of pyridine rings is 1. The van der Waals surface area contributed by atoms with Crippen molar-refractivity contribution in [3.63, 3.8) is 0 Å². The lowest BCUT2D eigenvalue weighted by Crippen LogP contribution is -2.02. The molecule has 1 atom stereocenters. The minimum absolute atomic E-state index is 0.423. The first kappa shape index (κ1) is 12.1. The molecule has 0 bridgehead atoms. The molecule has 5 nitrogen and oxygen atoms in total. The molecule has 0 aliphatic carbocycles. The molecule has 0 radical (unpaired) electrons. The van der Waals surface area contributed by atoms with Gasteiger partial charge in [-0.2, -0.15) is 0 Å². The molecule has 0 amide bonds. The van der Waals surface area contributed by atoms with Crippen LogP contribution in [0.1, 0.15) is 23.9 Å². The average molecular weight is 301 g/mol. The largest absolute Gasteiger partial charge is 0.388 e. The zero-order chi connectivity index (χ0) is 12.3. The summed E-state index contributed by atoms with van der Waals surface area (Å²) in [5.41, 5.74) is 0.462. The molecule has 0 saturated carbocycles. The minimum atomic E-state index is -0.762. The maximum Gasteiger partial charge on any atom is 0.217 e. The maximum absolute atomic E-state index is 12.9. The van der Waals surface area contributed by atoms with Crippen LogP contribution in [0.3, 0.4) is 0 Å². The smallest absolute Gasteiger partial charge is 0.217 e. The van der Waals surface area contributed by atoms with Crippen molar-refractivity contribution in [2.45, 2.75) is 18.9 Å². The predicted molar refractivity (Wildman–Crippen MR) is 61.6 cm³/mol. The summed E-state index contributed by atoms with van der Waals surface area (Å²) in [6.07, 6.45) is 2.73. The zero-order valence-electron chi connectivity index (χ0n) is 8.77. The Morgan fingerprint density at radius 3 is 2.94 bits per heavy atom. The van der Waals surface area contributed by atoms with Crippen LogP contribution >= 0.6 is 15.9 Å². The van der Waals surface area contributed by atoms with E-state index in [0.29, 0.717) is 29.0 Å². The van der Waals surface area contributed by atoms with Gasteiger partial charge in [0.25, 0.3) is 0 Å². The van der Waals surface area contributed by atoms with Gasteiger partial charge in [0.05, 0.1) is 12.3 Å². The molecule has 2 heterocycles. The number of aliphatic hydroxyl groups excluding tert-OH is 1. The fourth-order valence-electron chi connectivity index (χ4n) is 1.43. The van der Waals surface area contributed by atoms with Crippen molar-refractivity contribution in [1.82, 2.24) is 20.2 Å². The van der Waals surface area contributed by atoms with Crippen LogP contribution in [0, 0.1) is 5.82 Å². The van der Waals surface area contributed by atoms with Crippen molar-refractivity contribution in [2.75, 3.05) is 0 Å². The highest BCUT2D eigenvalue weighted by Gasteiger charge is 2.10. The Labute approximate surface area is 105 Å². The highest BCUT2D eigenvalue weighted by molar-refractivity contribution is 9.10. The lowest BCUT2D eigenvalue weighted by molar-refractivity contribution is 0.166. The van der Waals surface area contributed by atoms with E-state index < -0.39 is 11.9 Å². The van der Waals surface area contributed by atoms with Crippen LogP contribution in [0.25, 0.3) is 0 Å². The summed E-state index contributed by atoms with van der Waals surface area (Å²) in [5.74, 6) is 0.212. The van der Waals surface area contributed by atoms with E-state index in [1.54, 1.807) is 0 Å². The number of halogens is 2. The van der Waals surface area contributed by atoms with E-state index in [1.165, 1.54) is 12.3 Å². The van der Waals surface area contributed by atoms with Crippen LogP contribution in [-0.4, -0.2) is 25.3 Å². The van der Waals surface area contributed by atoms with Crippen LogP contribution in [0.4, 0.5) is 4.39 Å². The van der Waals surface area contributed by atoms with Crippen molar-refractivity contribution in [1.29, 1.82) is 0 Å². The highest BCUT2D eigenvalue weighted by Crippen LogP contribution is 2.18. The number of nitrogens with one attached hydrogen (secondary N) is 1. The van der Waals surface area contributed by atoms with Crippen LogP contribution in [0.5, 0.6) is 0 Å². The van der Waals surface area contributed by atoms with Crippen molar-refractivity contribution < 1.29 is 9.50 Å². The summed E-state index contributed by atoms with van der Waals surface area (Å²) >= 11 is 3.12. The van der Waals surface area contributed by atoms with Crippen molar-refractivity contribution >= 4 is 15.9 Å². The summed E-state index contributed by atoms with van der Waals surface area (Å²) in [6.45, 7) is 0. The first-order chi connectivity index (χ1) is 8.15. The molecule has 0 saturated heterocycles. The number of hydrogen-bond acceptors (Lipinski definition) is 4. The third-order valence-corrected chi connectivity index (χ3v) is 2.62. The van der Waals surface area contributed by atoms with Crippen molar-refractivity contribution in [3.8, 4) is 0 Å². The second-order valence-corrected chi connectivity index (χ2v) is 4.25. The van der Waals surface area contributed by atoms with E-state index in [1.807, 2.05) is 0 Å². The molecule has 90 valence electrons. The molecule has 7 heteroatoms. The Morgan fingerprint density at radius 2 is 2.29 bits per heavy atom. The summed E-state index contributed by atoms with van der Waals surface area (Å²) in [6, 6.07) is 1.27. The number of hydrogen-bond donors (Lipinski definition) is 2. The number of H-pyrrole nitrogens is 1. The van der Waals surface area contributed by atoms with Gasteiger partial charge in [0.2, 0.25) is 4.73 Å². The molecule has 2 rings (SSSR count). The van der Waals surface area contributed by atoms with Gasteiger partial charge < -0.3 is 5.11 Å². The van der Waals surface area contributed by atoms with Gasteiger partial charge in [0, 0.05) is 18.2 Å². The highest BCUT2D eigenvalue weighted by atomic mass is 79.9. The lowest BCUT2D eigenvalue weighted by atomic mass is 10.1. The van der Waals surface area contributed by atoms with E-state index in [4.69, 9.17) is 0 Å². The lowest BCUT2D eigenvalue weighted by Gasteiger charge is -2.08. The van der Waals surface area contributed by atoms with Gasteiger partial charge in [-0.05, 0) is 28.4 Å². The fraction of sp³-hybridized carbons (Fsp3) is 0.300. The van der Waals surface area contributed by atoms with Crippen LogP contribution in [0.15, 0.2) is 23.2 Å². The molecule has 17 heavy (non-hydrogen) atoms. The molecule has 2 aromatic heterocycles. The maximum atomic E-state index is 12.9. The topological polar surface area (TPSA) is 74.7 Å². The number of aromatic nitrogens is 4. The molecule has 0 aliphatic heterocycles. The molecule has 0 spiro atoms. The quantitative estimate of drug-likeness (QED) is 0.902. The second-order valence-electron chi connectivity index (χ2n) is 3.54. The van der Waals surface area contributed by atoms with Crippen molar-refractivity contribution in [3.05, 3.63) is 40.4 Å². The molecule has 2 aromatic rings. The number of rotatable bonds is 4. The SMILES string of the molecule is OC(CCc1nc(Br)n[nH]1)c1cncc(F)c1. The molecule has 0 aromatic carbocycles. The summed E-state index contributed by atoms with van der Waals surface area (Å²) < 4.78 is 13.4. The molecule has 0 aliphatic rings. The molecule has 2 N–H and O–H groups in total. The Balaban J connectivity index is 1.95. The molecule has 0 fully saturated rings. The number of aryl methyl sites for hydroxylation is 1. The van der Waals surface area contributed by atoms with E-state index in [0.717, 1.165) is 6.20 Å². The van der Waals surface area contributed by atoms with E-state index in [9.17, 15) is 9.50 Å². The summed E-state index contributed by atoms with van der Waals surface area (Å²) in [5, 5.41) is 16.4. The number of nitrogens with zero attached hydrogens (tertiary/aromatic N) is 3. The van der Waals surface area contributed by atoms with Gasteiger partial charge in [0.15, 0.2) is 0 Å². The average Bonchev–Trinajstić information content (AvgIpc) is 2.72.